The standard InChI is InChI=1S/C79H132NO8P/c1-3-5-7-9-11-13-15-17-19-21-23-25-27-29-31-33-35-37-38-40-41-43-45-47-49-51-53-55-57-59-61-63-65-67-69-71-78(81)85-75-77(76-87-89(83,84)86-74-73-80)88-79(82)72-70-68-66-64-62-60-58-56-54-52-50-48-46-44-42-39-36-34-32-30-28-26-24-22-20-18-16-14-12-10-8-6-4-2/h5-8,11-14,17-20,23-26,29-32,35-37,39,44,46,77H,3-4,9-10,15-16,21-22,27-28,33-34,38,40-43,45,47-76,80H2,1-2H3,(H,83,84)/b7-5-,8-6-,13-11-,14-12-,19-17-,20-18-,25-23-,26-24-,31-29-,32-30-,37-35-,39-36-,46-44-. The minimum Gasteiger partial charge on any atom is -0.462 e. The van der Waals surface area contributed by atoms with Crippen LogP contribution in [0.5, 0.6) is 0 Å². The van der Waals surface area contributed by atoms with Crippen LogP contribution in [-0.4, -0.2) is 49.3 Å². The first-order valence-electron chi connectivity index (χ1n) is 36.0. The maximum absolute atomic E-state index is 12.8. The van der Waals surface area contributed by atoms with Crippen molar-refractivity contribution < 1.29 is 37.6 Å². The lowest BCUT2D eigenvalue weighted by Crippen LogP contribution is -2.29. The second kappa shape index (κ2) is 72.7. The predicted octanol–water partition coefficient (Wildman–Crippen LogP) is 24.0. The second-order valence-corrected chi connectivity index (χ2v) is 24.8. The maximum Gasteiger partial charge on any atom is 0.472 e. The van der Waals surface area contributed by atoms with Gasteiger partial charge in [0.15, 0.2) is 6.10 Å². The molecule has 0 saturated heterocycles. The van der Waals surface area contributed by atoms with Crippen LogP contribution >= 0.6 is 7.82 Å². The van der Waals surface area contributed by atoms with Crippen molar-refractivity contribution in [1.29, 1.82) is 0 Å². The highest BCUT2D eigenvalue weighted by atomic mass is 31.2. The lowest BCUT2D eigenvalue weighted by molar-refractivity contribution is -0.161. The molecule has 0 fully saturated rings. The Hall–Kier alpha value is -4.37. The molecule has 10 heteroatoms. The summed E-state index contributed by atoms with van der Waals surface area (Å²) in [5, 5.41) is 0. The summed E-state index contributed by atoms with van der Waals surface area (Å²) in [4.78, 5) is 35.4. The summed E-state index contributed by atoms with van der Waals surface area (Å²) in [5.41, 5.74) is 5.41. The molecule has 0 aromatic heterocycles. The van der Waals surface area contributed by atoms with Gasteiger partial charge in [0.25, 0.3) is 0 Å². The number of hydrogen-bond acceptors (Lipinski definition) is 8. The van der Waals surface area contributed by atoms with E-state index in [4.69, 9.17) is 24.3 Å². The summed E-state index contributed by atoms with van der Waals surface area (Å²) in [6, 6.07) is 0. The molecule has 3 N–H and O–H groups in total. The van der Waals surface area contributed by atoms with E-state index in [0.29, 0.717) is 6.42 Å². The van der Waals surface area contributed by atoms with Crippen molar-refractivity contribution in [2.45, 2.75) is 302 Å². The normalized spacial score (nSPS) is 13.9. The van der Waals surface area contributed by atoms with Crippen LogP contribution in [0.2, 0.25) is 0 Å². The molecule has 0 saturated carbocycles. The van der Waals surface area contributed by atoms with E-state index in [0.717, 1.165) is 128 Å². The molecule has 0 spiro atoms. The third kappa shape index (κ3) is 72.6. The van der Waals surface area contributed by atoms with Crippen molar-refractivity contribution in [3.8, 4) is 0 Å². The van der Waals surface area contributed by atoms with E-state index < -0.39 is 26.5 Å². The molecule has 0 bridgehead atoms. The summed E-state index contributed by atoms with van der Waals surface area (Å²) < 4.78 is 33.2. The van der Waals surface area contributed by atoms with E-state index >= 15 is 0 Å². The SMILES string of the molecule is CC/C=C\C/C=C\C/C=C\C/C=C\C/C=C\C/C=C\C/C=C\CCCCCCCCCCCCCC(=O)OC(COC(=O)CCCCCCCCCCCCCCCCCC/C=C\C/C=C\C/C=C\C/C=C\C/C=C\C/C=C\CC)COP(=O)(O)OCCN. The molecule has 0 heterocycles. The van der Waals surface area contributed by atoms with Gasteiger partial charge in [0.05, 0.1) is 13.2 Å². The Balaban J connectivity index is 3.91. The molecule has 0 radical (unpaired) electrons. The van der Waals surface area contributed by atoms with Crippen LogP contribution in [0.15, 0.2) is 158 Å². The van der Waals surface area contributed by atoms with Crippen LogP contribution in [0.3, 0.4) is 0 Å². The number of allylic oxidation sites excluding steroid dienone is 26. The third-order valence-electron chi connectivity index (χ3n) is 14.9. The maximum atomic E-state index is 12.8. The van der Waals surface area contributed by atoms with Crippen LogP contribution in [0.25, 0.3) is 0 Å². The number of carbonyl (C=O) groups is 2. The minimum atomic E-state index is -4.40. The van der Waals surface area contributed by atoms with Gasteiger partial charge in [0, 0.05) is 19.4 Å². The Kier molecular flexibility index (Phi) is 69.1. The van der Waals surface area contributed by atoms with Crippen molar-refractivity contribution in [2.75, 3.05) is 26.4 Å². The molecule has 0 aliphatic carbocycles. The number of esters is 2. The van der Waals surface area contributed by atoms with Crippen molar-refractivity contribution >= 4 is 19.8 Å². The van der Waals surface area contributed by atoms with Gasteiger partial charge in [-0.25, -0.2) is 4.57 Å². The molecule has 89 heavy (non-hydrogen) atoms. The van der Waals surface area contributed by atoms with Crippen molar-refractivity contribution in [1.82, 2.24) is 0 Å². The zero-order valence-electron chi connectivity index (χ0n) is 56.9. The van der Waals surface area contributed by atoms with Gasteiger partial charge in [-0.3, -0.25) is 18.6 Å². The molecular formula is C79H132NO8P. The number of phosphoric ester groups is 1. The minimum absolute atomic E-state index is 0.0469. The lowest BCUT2D eigenvalue weighted by atomic mass is 10.0. The molecule has 0 amide bonds. The number of hydrogen-bond donors (Lipinski definition) is 2. The van der Waals surface area contributed by atoms with Gasteiger partial charge in [-0.15, -0.1) is 0 Å². The van der Waals surface area contributed by atoms with Crippen molar-refractivity contribution in [3.05, 3.63) is 158 Å². The summed E-state index contributed by atoms with van der Waals surface area (Å²) in [7, 11) is -4.40. The number of unbranched alkanes of at least 4 members (excludes halogenated alkanes) is 27. The average molecular weight is 1250 g/mol. The van der Waals surface area contributed by atoms with Crippen molar-refractivity contribution in [3.63, 3.8) is 0 Å². The Morgan fingerprint density at radius 1 is 0.337 bits per heavy atom. The molecular weight excluding hydrogens is 1120 g/mol. The van der Waals surface area contributed by atoms with Gasteiger partial charge >= 0.3 is 19.8 Å². The predicted molar refractivity (Wildman–Crippen MR) is 385 cm³/mol. The Labute approximate surface area is 547 Å². The van der Waals surface area contributed by atoms with Crippen LogP contribution in [0, 0.1) is 0 Å². The van der Waals surface area contributed by atoms with Gasteiger partial charge in [0.2, 0.25) is 0 Å². The fourth-order valence-electron chi connectivity index (χ4n) is 9.68. The first-order valence-corrected chi connectivity index (χ1v) is 37.5. The van der Waals surface area contributed by atoms with E-state index in [2.05, 4.69) is 172 Å². The van der Waals surface area contributed by atoms with Crippen LogP contribution in [0.4, 0.5) is 0 Å². The van der Waals surface area contributed by atoms with E-state index in [1.807, 2.05) is 0 Å². The highest BCUT2D eigenvalue weighted by Crippen LogP contribution is 2.43. The van der Waals surface area contributed by atoms with E-state index in [1.165, 1.54) is 135 Å². The summed E-state index contributed by atoms with van der Waals surface area (Å²) >= 11 is 0. The molecule has 0 aromatic carbocycles. The fraction of sp³-hybridized carbons (Fsp3) is 0.646. The molecule has 2 atom stereocenters. The third-order valence-corrected chi connectivity index (χ3v) is 15.9. The van der Waals surface area contributed by atoms with E-state index in [1.54, 1.807) is 0 Å². The average Bonchev–Trinajstić information content (AvgIpc) is 3.58. The monoisotopic (exact) mass is 1250 g/mol. The van der Waals surface area contributed by atoms with Gasteiger partial charge in [0.1, 0.15) is 6.61 Å². The highest BCUT2D eigenvalue weighted by molar-refractivity contribution is 7.47. The smallest absolute Gasteiger partial charge is 0.462 e. The van der Waals surface area contributed by atoms with Crippen molar-refractivity contribution in [2.24, 2.45) is 5.73 Å². The Morgan fingerprint density at radius 2 is 0.584 bits per heavy atom. The van der Waals surface area contributed by atoms with Crippen LogP contribution < -0.4 is 5.73 Å². The molecule has 0 aliphatic heterocycles. The molecule has 9 nitrogen and oxygen atoms in total. The van der Waals surface area contributed by atoms with E-state index in [-0.39, 0.29) is 38.6 Å². The lowest BCUT2D eigenvalue weighted by Gasteiger charge is -2.19. The number of phosphoric acid groups is 1. The number of rotatable bonds is 66. The molecule has 2 unspecified atom stereocenters. The topological polar surface area (TPSA) is 134 Å². The van der Waals surface area contributed by atoms with Gasteiger partial charge in [-0.05, 0) is 122 Å². The number of ether oxygens (including phenoxy) is 2. The fourth-order valence-corrected chi connectivity index (χ4v) is 10.4. The zero-order valence-corrected chi connectivity index (χ0v) is 57.8. The Morgan fingerprint density at radius 3 is 0.865 bits per heavy atom. The van der Waals surface area contributed by atoms with Gasteiger partial charge in [-0.2, -0.15) is 0 Å². The molecule has 506 valence electrons. The Bertz CT molecular complexity index is 2020. The van der Waals surface area contributed by atoms with Crippen LogP contribution in [-0.2, 0) is 32.7 Å². The summed E-state index contributed by atoms with van der Waals surface area (Å²) in [6.07, 6.45) is 106. The molecule has 0 rings (SSSR count). The summed E-state index contributed by atoms with van der Waals surface area (Å²) in [6.45, 7) is 3.52. The number of nitrogens with two attached hydrogens (primary N) is 1. The summed E-state index contributed by atoms with van der Waals surface area (Å²) in [5.74, 6) is -0.832. The zero-order chi connectivity index (χ0) is 64.4. The first kappa shape index (κ1) is 84.6. The highest BCUT2D eigenvalue weighted by Gasteiger charge is 2.26. The quantitative estimate of drug-likeness (QED) is 0.0264. The van der Waals surface area contributed by atoms with Crippen LogP contribution in [0.1, 0.15) is 296 Å². The number of carbonyl (C=O) groups excluding carboxylic acids is 2. The molecule has 0 aromatic rings. The van der Waals surface area contributed by atoms with Gasteiger partial charge < -0.3 is 20.1 Å². The first-order chi connectivity index (χ1) is 43.8. The largest absolute Gasteiger partial charge is 0.472 e. The second-order valence-electron chi connectivity index (χ2n) is 23.3. The van der Waals surface area contributed by atoms with Gasteiger partial charge in [-0.1, -0.05) is 320 Å². The molecule has 0 aliphatic rings. The van der Waals surface area contributed by atoms with E-state index in [9.17, 15) is 19.0 Å².